The molecule has 7 heteroatoms. The molecule has 1 aromatic heterocycles. The van der Waals surface area contributed by atoms with E-state index in [1.54, 1.807) is 21.7 Å². The number of halogens is 1. The topological polar surface area (TPSA) is 67.2 Å². The number of amides is 2. The van der Waals surface area contributed by atoms with Crippen molar-refractivity contribution in [2.75, 3.05) is 11.9 Å². The van der Waals surface area contributed by atoms with Gasteiger partial charge in [0.1, 0.15) is 12.4 Å². The zero-order valence-electron chi connectivity index (χ0n) is 21.2. The molecule has 0 aliphatic heterocycles. The average Bonchev–Trinajstić information content (AvgIpc) is 3.26. The molecule has 6 nitrogen and oxygen atoms in total. The van der Waals surface area contributed by atoms with E-state index in [-0.39, 0.29) is 29.8 Å². The van der Waals surface area contributed by atoms with Crippen LogP contribution in [0.5, 0.6) is 0 Å². The Hall–Kier alpha value is -3.64. The molecule has 0 unspecified atom stereocenters. The molecule has 4 rings (SSSR count). The number of para-hydroxylation sites is 1. The van der Waals surface area contributed by atoms with Crippen molar-refractivity contribution in [3.05, 3.63) is 89.1 Å². The monoisotopic (exact) mass is 502 g/mol. The van der Waals surface area contributed by atoms with Crippen molar-refractivity contribution in [1.29, 1.82) is 0 Å². The third kappa shape index (κ3) is 5.44. The minimum Gasteiger partial charge on any atom is -0.327 e. The lowest BCUT2D eigenvalue weighted by Gasteiger charge is -2.26. The van der Waals surface area contributed by atoms with Gasteiger partial charge in [-0.3, -0.25) is 9.59 Å². The second-order valence-electron chi connectivity index (χ2n) is 10.2. The fraction of sp³-hybridized carbons (Fsp3) is 0.276. The highest BCUT2D eigenvalue weighted by Crippen LogP contribution is 2.29. The average molecular weight is 503 g/mol. The standard InChI is InChI=1S/C29H31ClN4O2/c1-19(2)33(28(36)22-15-14-20-10-6-7-11-21(20)16-22)18-27(35)31-26-17-25(29(3,4)5)32-34(26)24-13-9-8-12-23(24)30/h6-17,19H,18H2,1-5H3,(H,31,35). The highest BCUT2D eigenvalue weighted by Gasteiger charge is 2.25. The summed E-state index contributed by atoms with van der Waals surface area (Å²) in [5.41, 5.74) is 1.79. The predicted octanol–water partition coefficient (Wildman–Crippen LogP) is 6.47. The number of carbonyl (C=O) groups excluding carboxylic acids is 2. The number of carbonyl (C=O) groups is 2. The van der Waals surface area contributed by atoms with E-state index in [0.717, 1.165) is 16.5 Å². The van der Waals surface area contributed by atoms with Crippen molar-refractivity contribution >= 4 is 40.0 Å². The molecule has 4 aromatic rings. The van der Waals surface area contributed by atoms with Crippen molar-refractivity contribution in [3.63, 3.8) is 0 Å². The summed E-state index contributed by atoms with van der Waals surface area (Å²) in [7, 11) is 0. The van der Waals surface area contributed by atoms with Crippen LogP contribution in [0.3, 0.4) is 0 Å². The van der Waals surface area contributed by atoms with Crippen molar-refractivity contribution < 1.29 is 9.59 Å². The largest absolute Gasteiger partial charge is 0.327 e. The van der Waals surface area contributed by atoms with Gasteiger partial charge in [0.15, 0.2) is 0 Å². The maximum absolute atomic E-state index is 13.4. The molecule has 0 atom stereocenters. The zero-order chi connectivity index (χ0) is 26.0. The molecule has 36 heavy (non-hydrogen) atoms. The maximum atomic E-state index is 13.4. The van der Waals surface area contributed by atoms with E-state index in [1.165, 1.54) is 0 Å². The lowest BCUT2D eigenvalue weighted by molar-refractivity contribution is -0.117. The Bertz CT molecular complexity index is 1420. The van der Waals surface area contributed by atoms with Crippen LogP contribution < -0.4 is 5.32 Å². The van der Waals surface area contributed by atoms with Crippen molar-refractivity contribution in [1.82, 2.24) is 14.7 Å². The number of fused-ring (bicyclic) bond motifs is 1. The van der Waals surface area contributed by atoms with Gasteiger partial charge in [-0.1, -0.05) is 74.8 Å². The minimum absolute atomic E-state index is 0.0954. The molecule has 0 aliphatic rings. The molecule has 0 radical (unpaired) electrons. The summed E-state index contributed by atoms with van der Waals surface area (Å²) >= 11 is 6.44. The summed E-state index contributed by atoms with van der Waals surface area (Å²) in [5, 5.41) is 10.2. The predicted molar refractivity (Wildman–Crippen MR) is 146 cm³/mol. The third-order valence-electron chi connectivity index (χ3n) is 6.02. The fourth-order valence-electron chi connectivity index (χ4n) is 3.96. The van der Waals surface area contributed by atoms with Crippen LogP contribution in [0.25, 0.3) is 16.5 Å². The van der Waals surface area contributed by atoms with Crippen molar-refractivity contribution in [2.24, 2.45) is 0 Å². The summed E-state index contributed by atoms with van der Waals surface area (Å²) < 4.78 is 1.64. The zero-order valence-corrected chi connectivity index (χ0v) is 22.0. The molecule has 0 saturated carbocycles. The van der Waals surface area contributed by atoms with Gasteiger partial charge in [0.25, 0.3) is 5.91 Å². The first kappa shape index (κ1) is 25.5. The van der Waals surface area contributed by atoms with Crippen LogP contribution in [-0.4, -0.2) is 39.1 Å². The number of hydrogen-bond donors (Lipinski definition) is 1. The van der Waals surface area contributed by atoms with E-state index in [1.807, 2.05) is 74.5 Å². The van der Waals surface area contributed by atoms with Crippen LogP contribution in [0, 0.1) is 0 Å². The normalized spacial score (nSPS) is 11.6. The van der Waals surface area contributed by atoms with E-state index < -0.39 is 0 Å². The molecule has 0 spiro atoms. The van der Waals surface area contributed by atoms with E-state index in [2.05, 4.69) is 26.1 Å². The molecule has 0 saturated heterocycles. The van der Waals surface area contributed by atoms with Gasteiger partial charge in [-0.2, -0.15) is 5.10 Å². The number of benzene rings is 3. The second-order valence-corrected chi connectivity index (χ2v) is 10.6. The lowest BCUT2D eigenvalue weighted by Crippen LogP contribution is -2.42. The quantitative estimate of drug-likeness (QED) is 0.328. The minimum atomic E-state index is -0.313. The molecule has 1 heterocycles. The number of rotatable bonds is 6. The fourth-order valence-corrected chi connectivity index (χ4v) is 4.17. The Morgan fingerprint density at radius 2 is 1.64 bits per heavy atom. The Balaban J connectivity index is 1.60. The molecule has 3 aromatic carbocycles. The Labute approximate surface area is 216 Å². The van der Waals surface area contributed by atoms with Crippen LogP contribution >= 0.6 is 11.6 Å². The summed E-state index contributed by atoms with van der Waals surface area (Å²) in [5.74, 6) is -0.00715. The number of aromatic nitrogens is 2. The molecule has 2 amide bonds. The summed E-state index contributed by atoms with van der Waals surface area (Å²) in [6.45, 7) is 9.87. The van der Waals surface area contributed by atoms with Gasteiger partial charge < -0.3 is 10.2 Å². The Morgan fingerprint density at radius 1 is 0.972 bits per heavy atom. The SMILES string of the molecule is CC(C)N(CC(=O)Nc1cc(C(C)(C)C)nn1-c1ccccc1Cl)C(=O)c1ccc2ccccc2c1. The second kappa shape index (κ2) is 10.2. The summed E-state index contributed by atoms with van der Waals surface area (Å²) in [6, 6.07) is 22.5. The molecule has 0 bridgehead atoms. The number of hydrogen-bond acceptors (Lipinski definition) is 3. The van der Waals surface area contributed by atoms with Gasteiger partial charge in [0.05, 0.1) is 16.4 Å². The van der Waals surface area contributed by atoms with Crippen molar-refractivity contribution in [3.8, 4) is 5.69 Å². The van der Waals surface area contributed by atoms with Gasteiger partial charge >= 0.3 is 0 Å². The molecule has 0 aliphatic carbocycles. The first-order valence-electron chi connectivity index (χ1n) is 12.0. The smallest absolute Gasteiger partial charge is 0.254 e. The van der Waals surface area contributed by atoms with Crippen molar-refractivity contribution in [2.45, 2.75) is 46.1 Å². The molecule has 1 N–H and O–H groups in total. The molecule has 186 valence electrons. The van der Waals surface area contributed by atoms with E-state index >= 15 is 0 Å². The number of nitrogens with one attached hydrogen (secondary N) is 1. The molecule has 0 fully saturated rings. The van der Waals surface area contributed by atoms with Gasteiger partial charge in [-0.25, -0.2) is 4.68 Å². The van der Waals surface area contributed by atoms with Crippen LogP contribution in [-0.2, 0) is 10.2 Å². The third-order valence-corrected chi connectivity index (χ3v) is 6.34. The molecular formula is C29H31ClN4O2. The number of anilines is 1. The first-order valence-corrected chi connectivity index (χ1v) is 12.4. The van der Waals surface area contributed by atoms with E-state index in [4.69, 9.17) is 16.7 Å². The molecular weight excluding hydrogens is 472 g/mol. The Morgan fingerprint density at radius 3 is 2.31 bits per heavy atom. The first-order chi connectivity index (χ1) is 17.0. The number of nitrogens with zero attached hydrogens (tertiary/aromatic N) is 3. The van der Waals surface area contributed by atoms with Crippen LogP contribution in [0.15, 0.2) is 72.8 Å². The van der Waals surface area contributed by atoms with Crippen LogP contribution in [0.2, 0.25) is 5.02 Å². The highest BCUT2D eigenvalue weighted by molar-refractivity contribution is 6.32. The van der Waals surface area contributed by atoms with E-state index in [0.29, 0.717) is 22.1 Å². The van der Waals surface area contributed by atoms with Crippen LogP contribution in [0.4, 0.5) is 5.82 Å². The van der Waals surface area contributed by atoms with Crippen LogP contribution in [0.1, 0.15) is 50.7 Å². The maximum Gasteiger partial charge on any atom is 0.254 e. The lowest BCUT2D eigenvalue weighted by atomic mass is 9.92. The van der Waals surface area contributed by atoms with Gasteiger partial charge in [0, 0.05) is 23.1 Å². The summed E-state index contributed by atoms with van der Waals surface area (Å²) in [6.07, 6.45) is 0. The van der Waals surface area contributed by atoms with E-state index in [9.17, 15) is 9.59 Å². The van der Waals surface area contributed by atoms with Gasteiger partial charge in [-0.05, 0) is 48.9 Å². The summed E-state index contributed by atoms with van der Waals surface area (Å²) in [4.78, 5) is 28.2. The Kier molecular flexibility index (Phi) is 7.18. The highest BCUT2D eigenvalue weighted by atomic mass is 35.5. The van der Waals surface area contributed by atoms with Gasteiger partial charge in [0.2, 0.25) is 5.91 Å². The van der Waals surface area contributed by atoms with Gasteiger partial charge in [-0.15, -0.1) is 0 Å².